The fourth-order valence-electron chi connectivity index (χ4n) is 3.14. The number of likely N-dealkylation sites (tertiary alicyclic amines) is 1. The summed E-state index contributed by atoms with van der Waals surface area (Å²) in [5.41, 5.74) is -0.586. The van der Waals surface area contributed by atoms with Crippen LogP contribution in [-0.4, -0.2) is 44.3 Å². The maximum atomic E-state index is 12.8. The first kappa shape index (κ1) is 21.1. The topological polar surface area (TPSA) is 92.8 Å². The molecule has 154 valence electrons. The van der Waals surface area contributed by atoms with Gasteiger partial charge in [-0.15, -0.1) is 0 Å². The zero-order chi connectivity index (χ0) is 21.2. The normalized spacial score (nSPS) is 18.7. The Morgan fingerprint density at radius 3 is 2.38 bits per heavy atom. The minimum Gasteiger partial charge on any atom is -0.497 e. The van der Waals surface area contributed by atoms with Crippen LogP contribution in [0.4, 0.5) is 0 Å². The largest absolute Gasteiger partial charge is 0.497 e. The Hall–Kier alpha value is -2.58. The van der Waals surface area contributed by atoms with Gasteiger partial charge in [0.05, 0.1) is 18.4 Å². The lowest BCUT2D eigenvalue weighted by molar-refractivity contribution is -0.156. The molecule has 1 heterocycles. The first-order valence-electron chi connectivity index (χ1n) is 8.92. The van der Waals surface area contributed by atoms with Crippen molar-refractivity contribution in [3.63, 3.8) is 0 Å². The quantitative estimate of drug-likeness (QED) is 0.750. The molecule has 2 aromatic carbocycles. The van der Waals surface area contributed by atoms with Gasteiger partial charge >= 0.3 is 0 Å². The van der Waals surface area contributed by atoms with Gasteiger partial charge in [-0.25, -0.2) is 13.1 Å². The van der Waals surface area contributed by atoms with Crippen LogP contribution in [0.15, 0.2) is 53.4 Å². The van der Waals surface area contributed by atoms with E-state index in [1.165, 1.54) is 36.3 Å². The number of methoxy groups -OCH3 is 1. The van der Waals surface area contributed by atoms with Gasteiger partial charge in [0.2, 0.25) is 5.91 Å². The molecule has 0 bridgehead atoms. The monoisotopic (exact) mass is 436 g/mol. The van der Waals surface area contributed by atoms with Crippen molar-refractivity contribution < 1.29 is 22.7 Å². The Kier molecular flexibility index (Phi) is 5.86. The highest BCUT2D eigenvalue weighted by atomic mass is 35.5. The zero-order valence-electron chi connectivity index (χ0n) is 16.0. The molecule has 1 unspecified atom stereocenters. The summed E-state index contributed by atoms with van der Waals surface area (Å²) >= 11 is 6.11. The molecular formula is C20H21ClN2O5S. The average Bonchev–Trinajstić information content (AvgIpc) is 2.68. The van der Waals surface area contributed by atoms with E-state index in [2.05, 4.69) is 4.72 Å². The molecule has 1 N–H and O–H groups in total. The fourth-order valence-corrected chi connectivity index (χ4v) is 4.42. The van der Waals surface area contributed by atoms with Crippen molar-refractivity contribution in [3.8, 4) is 5.75 Å². The number of rotatable bonds is 6. The number of sulfonamides is 1. The number of benzene rings is 2. The number of carbonyl (C=O) groups excluding carboxylic acids is 2. The molecule has 1 aliphatic rings. The number of nitrogens with zero attached hydrogens (tertiary/aromatic N) is 1. The molecule has 1 atom stereocenters. The van der Waals surface area contributed by atoms with Crippen molar-refractivity contribution in [2.45, 2.75) is 30.2 Å². The number of hydrogen-bond donors (Lipinski definition) is 1. The van der Waals surface area contributed by atoms with Crippen molar-refractivity contribution in [2.75, 3.05) is 13.7 Å². The minimum absolute atomic E-state index is 0.0355. The van der Waals surface area contributed by atoms with Crippen LogP contribution >= 0.6 is 11.6 Å². The molecule has 0 aromatic heterocycles. The first-order chi connectivity index (χ1) is 13.7. The summed E-state index contributed by atoms with van der Waals surface area (Å²) < 4.78 is 32.2. The molecule has 9 heteroatoms. The van der Waals surface area contributed by atoms with E-state index in [0.717, 1.165) is 0 Å². The van der Waals surface area contributed by atoms with E-state index < -0.39 is 21.5 Å². The lowest BCUT2D eigenvalue weighted by Gasteiger charge is -2.49. The summed E-state index contributed by atoms with van der Waals surface area (Å²) in [4.78, 5) is 26.8. The third kappa shape index (κ3) is 4.23. The van der Waals surface area contributed by atoms with Crippen molar-refractivity contribution in [3.05, 3.63) is 59.1 Å². The SMILES string of the molecule is COc1ccc(S(=O)(=O)NC(=O)C2(C)CCN2C(=O)Cc2ccccc2Cl)cc1. The Labute approximate surface area is 174 Å². The van der Waals surface area contributed by atoms with Crippen LogP contribution in [0, 0.1) is 0 Å². The summed E-state index contributed by atoms with van der Waals surface area (Å²) in [5, 5.41) is 0.467. The second-order valence-electron chi connectivity index (χ2n) is 6.95. The smallest absolute Gasteiger partial charge is 0.264 e. The van der Waals surface area contributed by atoms with E-state index in [4.69, 9.17) is 16.3 Å². The van der Waals surface area contributed by atoms with E-state index in [1.807, 2.05) is 0 Å². The standard InChI is InChI=1S/C20H21ClN2O5S/c1-20(11-12-23(20)18(24)13-14-5-3-4-6-17(14)21)19(25)22-29(26,27)16-9-7-15(28-2)8-10-16/h3-10H,11-13H2,1-2H3,(H,22,25). The van der Waals surface area contributed by atoms with Gasteiger partial charge in [-0.05, 0) is 49.2 Å². The van der Waals surface area contributed by atoms with Crippen molar-refractivity contribution in [1.82, 2.24) is 9.62 Å². The van der Waals surface area contributed by atoms with Crippen LogP contribution in [-0.2, 0) is 26.0 Å². The second kappa shape index (κ2) is 8.04. The van der Waals surface area contributed by atoms with Crippen LogP contribution in [0.2, 0.25) is 5.02 Å². The number of nitrogens with one attached hydrogen (secondary N) is 1. The molecule has 0 saturated carbocycles. The highest BCUT2D eigenvalue weighted by molar-refractivity contribution is 7.90. The molecule has 0 radical (unpaired) electrons. The lowest BCUT2D eigenvalue weighted by Crippen LogP contribution is -2.68. The average molecular weight is 437 g/mol. The van der Waals surface area contributed by atoms with E-state index in [0.29, 0.717) is 29.3 Å². The van der Waals surface area contributed by atoms with Gasteiger partial charge in [0.25, 0.3) is 15.9 Å². The summed E-state index contributed by atoms with van der Waals surface area (Å²) in [6.45, 7) is 1.93. The fraction of sp³-hybridized carbons (Fsp3) is 0.300. The molecule has 1 aliphatic heterocycles. The van der Waals surface area contributed by atoms with Gasteiger partial charge in [-0.1, -0.05) is 29.8 Å². The maximum absolute atomic E-state index is 12.8. The number of hydrogen-bond acceptors (Lipinski definition) is 5. The number of carbonyl (C=O) groups is 2. The summed E-state index contributed by atoms with van der Waals surface area (Å²) in [6, 6.07) is 12.6. The van der Waals surface area contributed by atoms with Crippen LogP contribution in [0.5, 0.6) is 5.75 Å². The molecule has 3 rings (SSSR count). The van der Waals surface area contributed by atoms with E-state index >= 15 is 0 Å². The van der Waals surface area contributed by atoms with Gasteiger partial charge in [0.1, 0.15) is 11.3 Å². The predicted molar refractivity (Wildman–Crippen MR) is 108 cm³/mol. The first-order valence-corrected chi connectivity index (χ1v) is 10.8. The predicted octanol–water partition coefficient (Wildman–Crippen LogP) is 2.39. The van der Waals surface area contributed by atoms with E-state index in [1.54, 1.807) is 31.2 Å². The Morgan fingerprint density at radius 2 is 1.83 bits per heavy atom. The van der Waals surface area contributed by atoms with Gasteiger partial charge in [0, 0.05) is 11.6 Å². The van der Waals surface area contributed by atoms with Crippen molar-refractivity contribution in [1.29, 1.82) is 0 Å². The third-order valence-corrected chi connectivity index (χ3v) is 6.82. The molecule has 7 nitrogen and oxygen atoms in total. The van der Waals surface area contributed by atoms with Gasteiger partial charge in [-0.3, -0.25) is 9.59 Å². The van der Waals surface area contributed by atoms with Crippen LogP contribution in [0.25, 0.3) is 0 Å². The summed E-state index contributed by atoms with van der Waals surface area (Å²) in [7, 11) is -2.60. The van der Waals surface area contributed by atoms with E-state index in [-0.39, 0.29) is 17.2 Å². The molecule has 0 aliphatic carbocycles. The Balaban J connectivity index is 1.72. The Bertz CT molecular complexity index is 1040. The van der Waals surface area contributed by atoms with Gasteiger partial charge in [0.15, 0.2) is 0 Å². The zero-order valence-corrected chi connectivity index (χ0v) is 17.6. The molecule has 0 spiro atoms. The van der Waals surface area contributed by atoms with Crippen LogP contribution in [0.1, 0.15) is 18.9 Å². The van der Waals surface area contributed by atoms with Gasteiger partial charge < -0.3 is 9.64 Å². The molecule has 2 aromatic rings. The lowest BCUT2D eigenvalue weighted by atomic mass is 9.85. The Morgan fingerprint density at radius 1 is 1.17 bits per heavy atom. The van der Waals surface area contributed by atoms with Gasteiger partial charge in [-0.2, -0.15) is 0 Å². The molecule has 1 saturated heterocycles. The third-order valence-electron chi connectivity index (χ3n) is 5.10. The highest BCUT2D eigenvalue weighted by Crippen LogP contribution is 2.32. The molecule has 2 amide bonds. The second-order valence-corrected chi connectivity index (χ2v) is 9.04. The highest BCUT2D eigenvalue weighted by Gasteiger charge is 2.50. The van der Waals surface area contributed by atoms with Crippen LogP contribution in [0.3, 0.4) is 0 Å². The maximum Gasteiger partial charge on any atom is 0.264 e. The molecule has 1 fully saturated rings. The number of halogens is 1. The van der Waals surface area contributed by atoms with Crippen LogP contribution < -0.4 is 9.46 Å². The van der Waals surface area contributed by atoms with E-state index in [9.17, 15) is 18.0 Å². The summed E-state index contributed by atoms with van der Waals surface area (Å²) in [5.74, 6) is -0.534. The number of amides is 2. The minimum atomic E-state index is -4.07. The summed E-state index contributed by atoms with van der Waals surface area (Å²) in [6.07, 6.45) is 0.402. The van der Waals surface area contributed by atoms with Crippen molar-refractivity contribution >= 4 is 33.4 Å². The molecule has 29 heavy (non-hydrogen) atoms. The van der Waals surface area contributed by atoms with Crippen molar-refractivity contribution in [2.24, 2.45) is 0 Å². The number of ether oxygens (including phenoxy) is 1. The molecular weight excluding hydrogens is 416 g/mol.